The van der Waals surface area contributed by atoms with Gasteiger partial charge in [-0.15, -0.1) is 0 Å². The minimum absolute atomic E-state index is 0. The minimum atomic E-state index is 0. The Bertz CT molecular complexity index is 327. The number of anilines is 1. The highest BCUT2D eigenvalue weighted by molar-refractivity contribution is 5.91. The maximum atomic E-state index is 11.3. The van der Waals surface area contributed by atoms with E-state index in [0.29, 0.717) is 6.42 Å². The van der Waals surface area contributed by atoms with Gasteiger partial charge in [0, 0.05) is 6.07 Å². The lowest BCUT2D eigenvalue weighted by molar-refractivity contribution is -0.685. The van der Waals surface area contributed by atoms with Gasteiger partial charge >= 0.3 is 5.91 Å². The predicted molar refractivity (Wildman–Crippen MR) is 44.7 cm³/mol. The molecule has 70 valence electrons. The molecule has 13 heavy (non-hydrogen) atoms. The van der Waals surface area contributed by atoms with E-state index < -0.39 is 0 Å². The molecule has 1 amide bonds. The molecule has 2 rings (SSSR count). The number of carbonyl (C=O) groups excluding carboxylic acids is 1. The van der Waals surface area contributed by atoms with Crippen molar-refractivity contribution in [2.45, 2.75) is 13.0 Å². The van der Waals surface area contributed by atoms with Crippen LogP contribution < -0.4 is 33.4 Å². The van der Waals surface area contributed by atoms with Crippen molar-refractivity contribution in [2.24, 2.45) is 0 Å². The Labute approximate surface area is 94.4 Å². The third-order valence-corrected chi connectivity index (χ3v) is 2.20. The molecule has 1 aromatic rings. The van der Waals surface area contributed by atoms with Crippen molar-refractivity contribution in [3.05, 3.63) is 24.4 Å². The number of amides is 1. The number of carbonyl (C=O) groups is 1. The smallest absolute Gasteiger partial charge is 0.313 e. The monoisotopic (exact) mass is 290 g/mol. The minimum Gasteiger partial charge on any atom is -1.00 e. The van der Waals surface area contributed by atoms with E-state index in [0.717, 1.165) is 12.4 Å². The van der Waals surface area contributed by atoms with Crippen LogP contribution in [0.4, 0.5) is 5.82 Å². The summed E-state index contributed by atoms with van der Waals surface area (Å²) < 4.78 is 2.08. The van der Waals surface area contributed by atoms with Crippen LogP contribution in [-0.2, 0) is 11.3 Å². The van der Waals surface area contributed by atoms with E-state index >= 15 is 0 Å². The lowest BCUT2D eigenvalue weighted by atomic mass is 10.2. The summed E-state index contributed by atoms with van der Waals surface area (Å²) in [4.78, 5) is 13.0. The maximum absolute atomic E-state index is 11.3. The second-order valence-corrected chi connectivity index (χ2v) is 2.95. The fraction of sp³-hybridized carbons (Fsp3) is 0.333. The lowest BCUT2D eigenvalue weighted by Crippen LogP contribution is -3.00. The van der Waals surface area contributed by atoms with Crippen molar-refractivity contribution in [3.63, 3.8) is 0 Å². The quantitative estimate of drug-likeness (QED) is 0.378. The Hall–Kier alpha value is -0.650. The molecule has 0 saturated heterocycles. The van der Waals surface area contributed by atoms with Gasteiger partial charge in [0.1, 0.15) is 6.54 Å². The summed E-state index contributed by atoms with van der Waals surface area (Å²) in [5.74, 6) is 1.18. The number of hydrogen-bond donors (Lipinski definition) is 0. The molecule has 0 N–H and O–H groups in total. The first-order valence-electron chi connectivity index (χ1n) is 4.04. The van der Waals surface area contributed by atoms with E-state index in [4.69, 9.17) is 0 Å². The third kappa shape index (κ3) is 1.82. The Balaban J connectivity index is 0.000000845. The first kappa shape index (κ1) is 10.4. The Morgan fingerprint density at radius 3 is 3.00 bits per heavy atom. The normalized spacial score (nSPS) is 14.8. The summed E-state index contributed by atoms with van der Waals surface area (Å²) >= 11 is 0. The fourth-order valence-electron chi connectivity index (χ4n) is 1.47. The molecule has 0 unspecified atom stereocenters. The molecule has 0 fully saturated rings. The van der Waals surface area contributed by atoms with Crippen molar-refractivity contribution in [1.29, 1.82) is 0 Å². The molecule has 1 aliphatic rings. The number of nitrogens with zero attached hydrogens (tertiary/aromatic N) is 2. The number of fused-ring (bicyclic) bond motifs is 1. The summed E-state index contributed by atoms with van der Waals surface area (Å²) in [6.07, 6.45) is 2.61. The van der Waals surface area contributed by atoms with Crippen LogP contribution in [0.25, 0.3) is 0 Å². The van der Waals surface area contributed by atoms with Crippen LogP contribution in [0.3, 0.4) is 0 Å². The van der Waals surface area contributed by atoms with Gasteiger partial charge in [0.25, 0.3) is 5.82 Å². The fourth-order valence-corrected chi connectivity index (χ4v) is 1.47. The Morgan fingerprint density at radius 2 is 2.23 bits per heavy atom. The SMILES string of the molecule is CN1C(=O)CC[n+]2ccccc21.[I-]. The van der Waals surface area contributed by atoms with Crippen LogP contribution in [0.2, 0.25) is 0 Å². The van der Waals surface area contributed by atoms with Gasteiger partial charge in [-0.3, -0.25) is 0 Å². The first-order valence-corrected chi connectivity index (χ1v) is 4.04. The molecule has 0 aromatic carbocycles. The van der Waals surface area contributed by atoms with E-state index in [-0.39, 0.29) is 29.9 Å². The van der Waals surface area contributed by atoms with E-state index in [9.17, 15) is 4.79 Å². The molecule has 0 radical (unpaired) electrons. The molecule has 0 atom stereocenters. The average molecular weight is 290 g/mol. The highest BCUT2D eigenvalue weighted by atomic mass is 127. The van der Waals surface area contributed by atoms with Gasteiger partial charge in [-0.1, -0.05) is 6.07 Å². The zero-order valence-corrected chi connectivity index (χ0v) is 9.56. The Morgan fingerprint density at radius 1 is 1.46 bits per heavy atom. The molecular formula is C9H11IN2O. The van der Waals surface area contributed by atoms with Crippen molar-refractivity contribution >= 4 is 11.7 Å². The van der Waals surface area contributed by atoms with Crippen molar-refractivity contribution in [3.8, 4) is 0 Å². The van der Waals surface area contributed by atoms with E-state index in [1.54, 1.807) is 4.90 Å². The molecule has 0 spiro atoms. The second-order valence-electron chi connectivity index (χ2n) is 2.95. The largest absolute Gasteiger partial charge is 1.00 e. The van der Waals surface area contributed by atoms with Crippen LogP contribution in [-0.4, -0.2) is 13.0 Å². The van der Waals surface area contributed by atoms with Crippen molar-refractivity contribution in [1.82, 2.24) is 0 Å². The number of aromatic nitrogens is 1. The van der Waals surface area contributed by atoms with Gasteiger partial charge in [0.05, 0.1) is 19.7 Å². The predicted octanol–water partition coefficient (Wildman–Crippen LogP) is -2.66. The average Bonchev–Trinajstić information content (AvgIpc) is 2.12. The van der Waals surface area contributed by atoms with E-state index in [1.165, 1.54) is 0 Å². The molecule has 1 aliphatic heterocycles. The molecule has 3 nitrogen and oxygen atoms in total. The number of aryl methyl sites for hydroxylation is 1. The molecular weight excluding hydrogens is 279 g/mol. The van der Waals surface area contributed by atoms with E-state index in [2.05, 4.69) is 4.57 Å². The maximum Gasteiger partial charge on any atom is 0.313 e. The third-order valence-electron chi connectivity index (χ3n) is 2.20. The highest BCUT2D eigenvalue weighted by Gasteiger charge is 2.27. The zero-order chi connectivity index (χ0) is 8.55. The second kappa shape index (κ2) is 4.04. The van der Waals surface area contributed by atoms with Crippen LogP contribution in [0.15, 0.2) is 24.4 Å². The Kier molecular flexibility index (Phi) is 3.24. The van der Waals surface area contributed by atoms with Gasteiger partial charge in [0.15, 0.2) is 0 Å². The highest BCUT2D eigenvalue weighted by Crippen LogP contribution is 2.11. The van der Waals surface area contributed by atoms with Gasteiger partial charge in [-0.25, -0.2) is 9.36 Å². The topological polar surface area (TPSA) is 24.2 Å². The van der Waals surface area contributed by atoms with Crippen LogP contribution >= 0.6 is 0 Å². The first-order chi connectivity index (χ1) is 5.79. The summed E-state index contributed by atoms with van der Waals surface area (Å²) in [7, 11) is 1.81. The molecule has 0 aliphatic carbocycles. The summed E-state index contributed by atoms with van der Waals surface area (Å²) in [5.41, 5.74) is 0. The summed E-state index contributed by atoms with van der Waals surface area (Å²) in [6, 6.07) is 5.88. The van der Waals surface area contributed by atoms with Crippen molar-refractivity contribution < 1.29 is 33.3 Å². The van der Waals surface area contributed by atoms with Crippen LogP contribution in [0.5, 0.6) is 0 Å². The van der Waals surface area contributed by atoms with Gasteiger partial charge in [0.2, 0.25) is 0 Å². The standard InChI is InChI=1S/C9H11N2O.HI/c1-10-8-4-2-3-6-11(8)7-5-9(10)12;/h2-4,6H,5,7H2,1H3;1H/q+1;/p-1. The van der Waals surface area contributed by atoms with Gasteiger partial charge in [-0.05, 0) is 6.07 Å². The molecule has 4 heteroatoms. The number of hydrogen-bond acceptors (Lipinski definition) is 1. The summed E-state index contributed by atoms with van der Waals surface area (Å²) in [5, 5.41) is 0. The lowest BCUT2D eigenvalue weighted by Gasteiger charge is -2.17. The van der Waals surface area contributed by atoms with Crippen molar-refractivity contribution in [2.75, 3.05) is 11.9 Å². The molecule has 0 saturated carbocycles. The molecule has 1 aromatic heterocycles. The van der Waals surface area contributed by atoms with Gasteiger partial charge < -0.3 is 24.0 Å². The zero-order valence-electron chi connectivity index (χ0n) is 7.40. The summed E-state index contributed by atoms with van der Waals surface area (Å²) in [6.45, 7) is 0.805. The van der Waals surface area contributed by atoms with E-state index in [1.807, 2.05) is 31.4 Å². The number of halogens is 1. The molecule has 0 bridgehead atoms. The number of rotatable bonds is 0. The van der Waals surface area contributed by atoms with Crippen LogP contribution in [0.1, 0.15) is 6.42 Å². The number of pyridine rings is 1. The van der Waals surface area contributed by atoms with Crippen LogP contribution in [0, 0.1) is 0 Å². The molecule has 2 heterocycles. The van der Waals surface area contributed by atoms with Gasteiger partial charge in [-0.2, -0.15) is 4.90 Å².